The minimum Gasteiger partial charge on any atom is -0.382 e. The van der Waals surface area contributed by atoms with Crippen LogP contribution in [0.15, 0.2) is 13.2 Å². The molecule has 0 saturated heterocycles. The Labute approximate surface area is 52.1 Å². The molecule has 0 aromatic carbocycles. The summed E-state index contributed by atoms with van der Waals surface area (Å²) >= 11 is 0. The van der Waals surface area contributed by atoms with Gasteiger partial charge in [0.05, 0.1) is 0 Å². The van der Waals surface area contributed by atoms with Crippen molar-refractivity contribution in [1.29, 1.82) is 0 Å². The highest BCUT2D eigenvalue weighted by Gasteiger charge is 1.64. The molecule has 0 aliphatic heterocycles. The van der Waals surface area contributed by atoms with Crippen LogP contribution in [0.1, 0.15) is 13.8 Å². The molecule has 8 heavy (non-hydrogen) atoms. The molecular weight excluding hydrogens is 102 g/mol. The van der Waals surface area contributed by atoms with Crippen molar-refractivity contribution in [2.75, 3.05) is 13.2 Å². The average Bonchev–Trinajstić information content (AvgIpc) is 1.75. The second-order valence-electron chi connectivity index (χ2n) is 0.781. The molecule has 0 amide bonds. The van der Waals surface area contributed by atoms with Gasteiger partial charge in [0.25, 0.3) is 0 Å². The van der Waals surface area contributed by atoms with Crippen molar-refractivity contribution in [1.82, 2.24) is 6.15 Å². The number of hydrogen-bond acceptors (Lipinski definition) is 2. The van der Waals surface area contributed by atoms with Crippen LogP contribution in [-0.4, -0.2) is 13.2 Å². The lowest BCUT2D eigenvalue weighted by Gasteiger charge is -1.86. The van der Waals surface area contributed by atoms with Crippen molar-refractivity contribution >= 4 is 0 Å². The average molecular weight is 119 g/mol. The van der Waals surface area contributed by atoms with Gasteiger partial charge in [0.1, 0.15) is 0 Å². The van der Waals surface area contributed by atoms with Crippen LogP contribution in [0.4, 0.5) is 0 Å². The van der Waals surface area contributed by atoms with Gasteiger partial charge in [-0.05, 0) is 13.8 Å². The summed E-state index contributed by atoms with van der Waals surface area (Å²) in [6, 6.07) is 0. The number of hydrogen-bond donors (Lipinski definition) is 1. The molecule has 2 heteroatoms. The van der Waals surface area contributed by atoms with Gasteiger partial charge in [0.15, 0.2) is 0 Å². The molecule has 0 aromatic rings. The van der Waals surface area contributed by atoms with Crippen molar-refractivity contribution in [3.8, 4) is 0 Å². The van der Waals surface area contributed by atoms with Gasteiger partial charge in [0, 0.05) is 13.2 Å². The quantitative estimate of drug-likeness (QED) is 0.565. The van der Waals surface area contributed by atoms with Gasteiger partial charge >= 0.3 is 0 Å². The van der Waals surface area contributed by atoms with E-state index in [1.807, 2.05) is 13.8 Å². The van der Waals surface area contributed by atoms with Crippen LogP contribution in [0.3, 0.4) is 0 Å². The summed E-state index contributed by atoms with van der Waals surface area (Å²) in [5, 5.41) is 0. The van der Waals surface area contributed by atoms with Gasteiger partial charge in [-0.1, -0.05) is 0 Å². The second kappa shape index (κ2) is 30.2. The maximum Gasteiger partial charge on any atom is 0.0437 e. The summed E-state index contributed by atoms with van der Waals surface area (Å²) < 4.78 is 4.83. The Morgan fingerprint density at radius 2 is 1.38 bits per heavy atom. The van der Waals surface area contributed by atoms with E-state index in [4.69, 9.17) is 4.74 Å². The van der Waals surface area contributed by atoms with Crippen LogP contribution in [0.25, 0.3) is 0 Å². The molecule has 0 unspecified atom stereocenters. The number of rotatable bonds is 2. The number of ether oxygens (including phenoxy) is 1. The molecule has 0 atom stereocenters. The molecule has 0 bridgehead atoms. The van der Waals surface area contributed by atoms with Gasteiger partial charge in [-0.25, -0.2) is 0 Å². The first-order valence-corrected chi connectivity index (χ1v) is 2.49. The molecule has 0 rings (SSSR count). The normalized spacial score (nSPS) is 5.75. The molecule has 2 nitrogen and oxygen atoms in total. The van der Waals surface area contributed by atoms with Crippen LogP contribution in [-0.2, 0) is 4.74 Å². The summed E-state index contributed by atoms with van der Waals surface area (Å²) in [5.41, 5.74) is 0. The molecule has 0 aliphatic carbocycles. The van der Waals surface area contributed by atoms with E-state index in [0.29, 0.717) is 0 Å². The van der Waals surface area contributed by atoms with Crippen molar-refractivity contribution in [2.24, 2.45) is 0 Å². The van der Waals surface area contributed by atoms with E-state index in [-0.39, 0.29) is 6.15 Å². The predicted molar refractivity (Wildman–Crippen MR) is 38.4 cm³/mol. The third-order valence-electron chi connectivity index (χ3n) is 0.408. The SMILES string of the molecule is C=C.CCOCC.N. The lowest BCUT2D eigenvalue weighted by atomic mass is 10.8. The fourth-order valence-electron chi connectivity index (χ4n) is 0.204. The smallest absolute Gasteiger partial charge is 0.0437 e. The maximum absolute atomic E-state index is 4.83. The van der Waals surface area contributed by atoms with E-state index in [1.165, 1.54) is 0 Å². The molecule has 0 radical (unpaired) electrons. The molecule has 0 aromatic heterocycles. The zero-order valence-corrected chi connectivity index (χ0v) is 5.94. The molecule has 52 valence electrons. The minimum atomic E-state index is 0. The Hall–Kier alpha value is -0.340. The van der Waals surface area contributed by atoms with E-state index >= 15 is 0 Å². The van der Waals surface area contributed by atoms with E-state index in [9.17, 15) is 0 Å². The van der Waals surface area contributed by atoms with E-state index in [1.54, 1.807) is 0 Å². The summed E-state index contributed by atoms with van der Waals surface area (Å²) in [5.74, 6) is 0. The van der Waals surface area contributed by atoms with Crippen LogP contribution >= 0.6 is 0 Å². The van der Waals surface area contributed by atoms with Crippen LogP contribution in [0.2, 0.25) is 0 Å². The minimum absolute atomic E-state index is 0. The van der Waals surface area contributed by atoms with Crippen LogP contribution in [0.5, 0.6) is 0 Å². The summed E-state index contributed by atoms with van der Waals surface area (Å²) in [6.45, 7) is 11.7. The Morgan fingerprint density at radius 1 is 1.12 bits per heavy atom. The van der Waals surface area contributed by atoms with Crippen molar-refractivity contribution < 1.29 is 4.74 Å². The fraction of sp³-hybridized carbons (Fsp3) is 0.667. The molecule has 0 saturated carbocycles. The Balaban J connectivity index is -0.0000000750. The first-order valence-electron chi connectivity index (χ1n) is 2.49. The lowest BCUT2D eigenvalue weighted by molar-refractivity contribution is 0.162. The highest BCUT2D eigenvalue weighted by atomic mass is 16.5. The molecule has 0 heterocycles. The highest BCUT2D eigenvalue weighted by molar-refractivity contribution is 4.22. The van der Waals surface area contributed by atoms with E-state index < -0.39 is 0 Å². The summed E-state index contributed by atoms with van der Waals surface area (Å²) in [7, 11) is 0. The van der Waals surface area contributed by atoms with Crippen LogP contribution in [0, 0.1) is 0 Å². The first kappa shape index (κ1) is 15.6. The van der Waals surface area contributed by atoms with Crippen molar-refractivity contribution in [2.45, 2.75) is 13.8 Å². The molecular formula is C6H17NO. The van der Waals surface area contributed by atoms with Crippen LogP contribution < -0.4 is 6.15 Å². The van der Waals surface area contributed by atoms with Crippen molar-refractivity contribution in [3.63, 3.8) is 0 Å². The molecule has 0 spiro atoms. The van der Waals surface area contributed by atoms with Gasteiger partial charge in [0.2, 0.25) is 0 Å². The summed E-state index contributed by atoms with van der Waals surface area (Å²) in [4.78, 5) is 0. The standard InChI is InChI=1S/C4H10O.C2H4.H3N/c1-3-5-4-2;1-2;/h3-4H2,1-2H3;1-2H2;1H3. The Bertz CT molecular complexity index is 22.5. The first-order chi connectivity index (χ1) is 3.41. The van der Waals surface area contributed by atoms with Crippen molar-refractivity contribution in [3.05, 3.63) is 13.2 Å². The largest absolute Gasteiger partial charge is 0.382 e. The Morgan fingerprint density at radius 3 is 1.38 bits per heavy atom. The fourth-order valence-corrected chi connectivity index (χ4v) is 0.204. The monoisotopic (exact) mass is 119 g/mol. The maximum atomic E-state index is 4.83. The zero-order valence-electron chi connectivity index (χ0n) is 5.94. The topological polar surface area (TPSA) is 44.2 Å². The molecule has 3 N–H and O–H groups in total. The molecule has 0 fully saturated rings. The third kappa shape index (κ3) is 44.6. The predicted octanol–water partition coefficient (Wildman–Crippen LogP) is 2.01. The van der Waals surface area contributed by atoms with E-state index in [2.05, 4.69) is 13.2 Å². The van der Waals surface area contributed by atoms with Gasteiger partial charge in [-0.2, -0.15) is 0 Å². The van der Waals surface area contributed by atoms with Gasteiger partial charge in [-0.3, -0.25) is 0 Å². The lowest BCUT2D eigenvalue weighted by Crippen LogP contribution is -1.84. The van der Waals surface area contributed by atoms with Gasteiger partial charge in [-0.15, -0.1) is 13.2 Å². The highest BCUT2D eigenvalue weighted by Crippen LogP contribution is 1.64. The zero-order chi connectivity index (χ0) is 6.12. The second-order valence-corrected chi connectivity index (χ2v) is 0.781. The third-order valence-corrected chi connectivity index (χ3v) is 0.408. The Kier molecular flexibility index (Phi) is 59.0. The van der Waals surface area contributed by atoms with E-state index in [0.717, 1.165) is 13.2 Å². The van der Waals surface area contributed by atoms with Gasteiger partial charge < -0.3 is 10.9 Å². The summed E-state index contributed by atoms with van der Waals surface area (Å²) in [6.07, 6.45) is 0. The molecule has 0 aliphatic rings.